The van der Waals surface area contributed by atoms with Gasteiger partial charge >= 0.3 is 0 Å². The van der Waals surface area contributed by atoms with Crippen molar-refractivity contribution < 1.29 is 13.9 Å². The summed E-state index contributed by atoms with van der Waals surface area (Å²) in [6.07, 6.45) is 4.34. The number of ether oxygens (including phenoxy) is 2. The SMILES string of the molecule is COc1ccc(OC)c(NC(N)=NCC2(c3ccc(F)cc3)CCCC2)c1.I. The van der Waals surface area contributed by atoms with Crippen molar-refractivity contribution in [2.75, 3.05) is 26.1 Å². The molecule has 3 N–H and O–H groups in total. The van der Waals surface area contributed by atoms with Gasteiger partial charge in [-0.25, -0.2) is 4.39 Å². The molecule has 0 saturated heterocycles. The van der Waals surface area contributed by atoms with Gasteiger partial charge in [0.25, 0.3) is 0 Å². The first-order chi connectivity index (χ1) is 13.1. The lowest BCUT2D eigenvalue weighted by molar-refractivity contribution is 0.405. The second kappa shape index (κ2) is 9.95. The zero-order valence-electron chi connectivity index (χ0n) is 16.2. The molecule has 0 amide bonds. The molecule has 1 aliphatic carbocycles. The maximum absolute atomic E-state index is 13.3. The minimum Gasteiger partial charge on any atom is -0.497 e. The van der Waals surface area contributed by atoms with Crippen LogP contribution < -0.4 is 20.5 Å². The van der Waals surface area contributed by atoms with Crippen molar-refractivity contribution >= 4 is 35.6 Å². The highest BCUT2D eigenvalue weighted by molar-refractivity contribution is 14.0. The number of methoxy groups -OCH3 is 2. The van der Waals surface area contributed by atoms with E-state index in [1.54, 1.807) is 14.2 Å². The van der Waals surface area contributed by atoms with Crippen LogP contribution in [-0.2, 0) is 5.41 Å². The van der Waals surface area contributed by atoms with Crippen LogP contribution in [0.5, 0.6) is 11.5 Å². The Labute approximate surface area is 182 Å². The maximum atomic E-state index is 13.3. The smallest absolute Gasteiger partial charge is 0.193 e. The topological polar surface area (TPSA) is 68.9 Å². The highest BCUT2D eigenvalue weighted by atomic mass is 127. The molecule has 7 heteroatoms. The van der Waals surface area contributed by atoms with Gasteiger partial charge in [-0.2, -0.15) is 0 Å². The summed E-state index contributed by atoms with van der Waals surface area (Å²) in [5.74, 6) is 1.45. The summed E-state index contributed by atoms with van der Waals surface area (Å²) in [6.45, 7) is 0.559. The minimum atomic E-state index is -0.221. The largest absolute Gasteiger partial charge is 0.497 e. The van der Waals surface area contributed by atoms with Crippen molar-refractivity contribution in [2.45, 2.75) is 31.1 Å². The fourth-order valence-electron chi connectivity index (χ4n) is 3.72. The van der Waals surface area contributed by atoms with Crippen LogP contribution in [0.3, 0.4) is 0 Å². The lowest BCUT2D eigenvalue weighted by atomic mass is 9.79. The zero-order valence-corrected chi connectivity index (χ0v) is 18.5. The Morgan fingerprint density at radius 2 is 1.79 bits per heavy atom. The Morgan fingerprint density at radius 1 is 1.11 bits per heavy atom. The van der Waals surface area contributed by atoms with Gasteiger partial charge in [0.15, 0.2) is 5.96 Å². The van der Waals surface area contributed by atoms with Gasteiger partial charge in [-0.3, -0.25) is 4.99 Å². The number of nitrogens with zero attached hydrogens (tertiary/aromatic N) is 1. The number of nitrogens with one attached hydrogen (secondary N) is 1. The summed E-state index contributed by atoms with van der Waals surface area (Å²) in [5, 5.41) is 3.10. The highest BCUT2D eigenvalue weighted by Crippen LogP contribution is 2.41. The Morgan fingerprint density at radius 3 is 2.39 bits per heavy atom. The standard InChI is InChI=1S/C21H26FN3O2.HI/c1-26-17-9-10-19(27-2)18(13-17)25-20(23)24-14-21(11-3-4-12-21)15-5-7-16(22)8-6-15;/h5-10,13H,3-4,11-12,14H2,1-2H3,(H3,23,24,25);1H. The van der Waals surface area contributed by atoms with Crippen molar-refractivity contribution in [3.05, 3.63) is 53.8 Å². The molecule has 0 heterocycles. The van der Waals surface area contributed by atoms with E-state index < -0.39 is 0 Å². The van der Waals surface area contributed by atoms with Crippen LogP contribution >= 0.6 is 24.0 Å². The molecule has 28 heavy (non-hydrogen) atoms. The number of anilines is 1. The lowest BCUT2D eigenvalue weighted by Crippen LogP contribution is -2.30. The Hall–Kier alpha value is -2.03. The van der Waals surface area contributed by atoms with Crippen LogP contribution in [-0.4, -0.2) is 26.7 Å². The summed E-state index contributed by atoms with van der Waals surface area (Å²) in [5.41, 5.74) is 7.87. The summed E-state index contributed by atoms with van der Waals surface area (Å²) in [6, 6.07) is 12.2. The molecule has 0 bridgehead atoms. The normalized spacial score (nSPS) is 15.6. The third-order valence-corrected chi connectivity index (χ3v) is 5.24. The monoisotopic (exact) mass is 499 g/mol. The third-order valence-electron chi connectivity index (χ3n) is 5.24. The molecule has 0 aromatic heterocycles. The Balaban J connectivity index is 0.00000280. The molecule has 0 spiro atoms. The van der Waals surface area contributed by atoms with E-state index in [-0.39, 0.29) is 35.2 Å². The van der Waals surface area contributed by atoms with Gasteiger partial charge in [0.1, 0.15) is 17.3 Å². The third kappa shape index (κ3) is 5.06. The molecule has 2 aromatic carbocycles. The van der Waals surface area contributed by atoms with Gasteiger partial charge in [0.05, 0.1) is 26.5 Å². The van der Waals surface area contributed by atoms with Crippen LogP contribution in [0.15, 0.2) is 47.5 Å². The van der Waals surface area contributed by atoms with Crippen molar-refractivity contribution in [1.29, 1.82) is 0 Å². The molecular formula is C21H27FIN3O2. The molecule has 152 valence electrons. The number of guanidine groups is 1. The Kier molecular flexibility index (Phi) is 7.91. The number of benzene rings is 2. The maximum Gasteiger partial charge on any atom is 0.193 e. The van der Waals surface area contributed by atoms with Gasteiger partial charge in [0.2, 0.25) is 0 Å². The summed E-state index contributed by atoms with van der Waals surface area (Å²) >= 11 is 0. The fourth-order valence-corrected chi connectivity index (χ4v) is 3.72. The van der Waals surface area contributed by atoms with E-state index in [0.717, 1.165) is 31.2 Å². The molecule has 1 fully saturated rings. The van der Waals surface area contributed by atoms with E-state index in [1.165, 1.54) is 12.1 Å². The lowest BCUT2D eigenvalue weighted by Gasteiger charge is -2.28. The van der Waals surface area contributed by atoms with Crippen molar-refractivity contribution in [3.63, 3.8) is 0 Å². The number of hydrogen-bond donors (Lipinski definition) is 2. The molecule has 0 aliphatic heterocycles. The van der Waals surface area contributed by atoms with E-state index >= 15 is 0 Å². The van der Waals surface area contributed by atoms with Crippen LogP contribution in [0.2, 0.25) is 0 Å². The van der Waals surface area contributed by atoms with Crippen molar-refractivity contribution in [3.8, 4) is 11.5 Å². The molecule has 2 aromatic rings. The highest BCUT2D eigenvalue weighted by Gasteiger charge is 2.35. The first-order valence-corrected chi connectivity index (χ1v) is 9.11. The van der Waals surface area contributed by atoms with E-state index in [4.69, 9.17) is 15.2 Å². The summed E-state index contributed by atoms with van der Waals surface area (Å²) in [4.78, 5) is 4.60. The first kappa shape index (κ1) is 22.3. The molecule has 0 unspecified atom stereocenters. The molecule has 1 saturated carbocycles. The van der Waals surface area contributed by atoms with Gasteiger partial charge < -0.3 is 20.5 Å². The van der Waals surface area contributed by atoms with Crippen LogP contribution in [0, 0.1) is 5.82 Å². The number of nitrogens with two attached hydrogens (primary N) is 1. The van der Waals surface area contributed by atoms with Gasteiger partial charge in [-0.15, -0.1) is 24.0 Å². The van der Waals surface area contributed by atoms with E-state index in [2.05, 4.69) is 10.3 Å². The van der Waals surface area contributed by atoms with Crippen molar-refractivity contribution in [2.24, 2.45) is 10.7 Å². The quantitative estimate of drug-likeness (QED) is 0.344. The first-order valence-electron chi connectivity index (χ1n) is 9.11. The number of aliphatic imine (C=N–C) groups is 1. The number of hydrogen-bond acceptors (Lipinski definition) is 3. The van der Waals surface area contributed by atoms with E-state index in [9.17, 15) is 4.39 Å². The second-order valence-electron chi connectivity index (χ2n) is 6.89. The number of halogens is 2. The van der Waals surface area contributed by atoms with E-state index in [0.29, 0.717) is 29.7 Å². The van der Waals surface area contributed by atoms with Crippen molar-refractivity contribution in [1.82, 2.24) is 0 Å². The average Bonchev–Trinajstić information content (AvgIpc) is 3.17. The predicted octanol–water partition coefficient (Wildman–Crippen LogP) is 4.70. The molecule has 1 aliphatic rings. The molecule has 0 atom stereocenters. The van der Waals surface area contributed by atoms with Gasteiger partial charge in [0, 0.05) is 11.5 Å². The number of rotatable bonds is 6. The molecular weight excluding hydrogens is 472 g/mol. The zero-order chi connectivity index (χ0) is 19.3. The van der Waals surface area contributed by atoms with Gasteiger partial charge in [-0.05, 0) is 42.7 Å². The van der Waals surface area contributed by atoms with E-state index in [1.807, 2.05) is 30.3 Å². The predicted molar refractivity (Wildman–Crippen MR) is 122 cm³/mol. The fraction of sp³-hybridized carbons (Fsp3) is 0.381. The Bertz CT molecular complexity index is 806. The minimum absolute atomic E-state index is 0. The van der Waals surface area contributed by atoms with Gasteiger partial charge in [-0.1, -0.05) is 25.0 Å². The molecule has 5 nitrogen and oxygen atoms in total. The van der Waals surface area contributed by atoms with Crippen LogP contribution in [0.1, 0.15) is 31.2 Å². The molecule has 0 radical (unpaired) electrons. The summed E-state index contributed by atoms with van der Waals surface area (Å²) < 4.78 is 23.9. The average molecular weight is 499 g/mol. The summed E-state index contributed by atoms with van der Waals surface area (Å²) in [7, 11) is 3.21. The molecule has 3 rings (SSSR count). The van der Waals surface area contributed by atoms with Crippen LogP contribution in [0.25, 0.3) is 0 Å². The van der Waals surface area contributed by atoms with Crippen LogP contribution in [0.4, 0.5) is 10.1 Å². The second-order valence-corrected chi connectivity index (χ2v) is 6.89.